The lowest BCUT2D eigenvalue weighted by atomic mass is 10.2. The first-order valence-electron chi connectivity index (χ1n) is 8.49. The highest BCUT2D eigenvalue weighted by Crippen LogP contribution is 2.14. The van der Waals surface area contributed by atoms with E-state index in [0.29, 0.717) is 6.54 Å². The van der Waals surface area contributed by atoms with E-state index in [1.807, 2.05) is 0 Å². The molecule has 8 nitrogen and oxygen atoms in total. The maximum Gasteiger partial charge on any atom is 0.407 e. The zero-order chi connectivity index (χ0) is 17.6. The number of carbonyl (C=O) groups excluding carboxylic acids is 2. The lowest BCUT2D eigenvalue weighted by molar-refractivity contribution is -0.121. The number of aryl methyl sites for hydroxylation is 1. The number of amides is 2. The molecule has 1 aromatic heterocycles. The van der Waals surface area contributed by atoms with Gasteiger partial charge in [-0.25, -0.2) is 4.79 Å². The van der Waals surface area contributed by atoms with Crippen LogP contribution in [0.15, 0.2) is 0 Å². The maximum atomic E-state index is 11.9. The van der Waals surface area contributed by atoms with Crippen molar-refractivity contribution in [1.82, 2.24) is 25.4 Å². The summed E-state index contributed by atoms with van der Waals surface area (Å²) in [5.41, 5.74) is -0.544. The van der Waals surface area contributed by atoms with E-state index in [4.69, 9.17) is 4.74 Å². The molecule has 0 fully saturated rings. The summed E-state index contributed by atoms with van der Waals surface area (Å²) in [7, 11) is 0. The number of rotatable bonds is 5. The number of carbonyl (C=O) groups is 2. The van der Waals surface area contributed by atoms with Crippen LogP contribution in [0.1, 0.15) is 58.1 Å². The Kier molecular flexibility index (Phi) is 6.16. The predicted molar refractivity (Wildman–Crippen MR) is 88.3 cm³/mol. The molecule has 0 bridgehead atoms. The lowest BCUT2D eigenvalue weighted by Gasteiger charge is -2.19. The molecule has 2 rings (SSSR count). The summed E-state index contributed by atoms with van der Waals surface area (Å²) < 4.78 is 7.21. The van der Waals surface area contributed by atoms with Gasteiger partial charge in [-0.05, 0) is 33.6 Å². The van der Waals surface area contributed by atoms with E-state index >= 15 is 0 Å². The van der Waals surface area contributed by atoms with Gasteiger partial charge < -0.3 is 19.9 Å². The van der Waals surface area contributed by atoms with Crippen molar-refractivity contribution in [3.05, 3.63) is 11.6 Å². The smallest absolute Gasteiger partial charge is 0.407 e. The van der Waals surface area contributed by atoms with Gasteiger partial charge in [0.05, 0.1) is 6.54 Å². The van der Waals surface area contributed by atoms with Gasteiger partial charge in [-0.2, -0.15) is 0 Å². The Morgan fingerprint density at radius 3 is 2.71 bits per heavy atom. The molecule has 1 aliphatic rings. The van der Waals surface area contributed by atoms with Crippen LogP contribution in [0.25, 0.3) is 0 Å². The van der Waals surface area contributed by atoms with Gasteiger partial charge in [0, 0.05) is 25.9 Å². The quantitative estimate of drug-likeness (QED) is 0.849. The summed E-state index contributed by atoms with van der Waals surface area (Å²) in [5, 5.41) is 13.8. The molecule has 2 heterocycles. The molecule has 134 valence electrons. The summed E-state index contributed by atoms with van der Waals surface area (Å²) >= 11 is 0. The Morgan fingerprint density at radius 2 is 1.96 bits per heavy atom. The van der Waals surface area contributed by atoms with Crippen molar-refractivity contribution in [2.45, 2.75) is 71.6 Å². The molecule has 0 atom stereocenters. The summed E-state index contributed by atoms with van der Waals surface area (Å²) in [6, 6.07) is 0. The van der Waals surface area contributed by atoms with Crippen LogP contribution in [-0.4, -0.2) is 38.9 Å². The second-order valence-electron chi connectivity index (χ2n) is 6.95. The molecule has 1 aliphatic heterocycles. The molecule has 0 aliphatic carbocycles. The van der Waals surface area contributed by atoms with E-state index in [2.05, 4.69) is 25.4 Å². The second-order valence-corrected chi connectivity index (χ2v) is 6.95. The van der Waals surface area contributed by atoms with Crippen molar-refractivity contribution < 1.29 is 14.3 Å². The van der Waals surface area contributed by atoms with Crippen LogP contribution in [0.5, 0.6) is 0 Å². The van der Waals surface area contributed by atoms with Crippen LogP contribution in [-0.2, 0) is 29.0 Å². The molecule has 0 saturated carbocycles. The Morgan fingerprint density at radius 1 is 1.17 bits per heavy atom. The van der Waals surface area contributed by atoms with Crippen molar-refractivity contribution >= 4 is 12.0 Å². The van der Waals surface area contributed by atoms with Crippen molar-refractivity contribution in [1.29, 1.82) is 0 Å². The van der Waals surface area contributed by atoms with Crippen LogP contribution in [0.2, 0.25) is 0 Å². The molecular weight excluding hydrogens is 310 g/mol. The normalized spacial score (nSPS) is 14.5. The first kappa shape index (κ1) is 18.2. The van der Waals surface area contributed by atoms with Crippen molar-refractivity contribution in [2.24, 2.45) is 0 Å². The minimum Gasteiger partial charge on any atom is -0.444 e. The monoisotopic (exact) mass is 337 g/mol. The average Bonchev–Trinajstić information content (AvgIpc) is 2.70. The Balaban J connectivity index is 1.70. The summed E-state index contributed by atoms with van der Waals surface area (Å²) in [6.45, 7) is 6.88. The van der Waals surface area contributed by atoms with Gasteiger partial charge in [-0.15, -0.1) is 10.2 Å². The molecule has 0 aromatic carbocycles. The molecule has 8 heteroatoms. The fourth-order valence-corrected chi connectivity index (χ4v) is 2.53. The van der Waals surface area contributed by atoms with Gasteiger partial charge in [0.25, 0.3) is 0 Å². The van der Waals surface area contributed by atoms with E-state index in [1.54, 1.807) is 20.8 Å². The number of ether oxygens (including phenoxy) is 1. The minimum atomic E-state index is -0.544. The fourth-order valence-electron chi connectivity index (χ4n) is 2.53. The van der Waals surface area contributed by atoms with Crippen molar-refractivity contribution in [2.75, 3.05) is 6.54 Å². The molecular formula is C16H27N5O3. The Bertz CT molecular complexity index is 577. The number of fused-ring (bicyclic) bond motifs is 1. The number of hydrogen-bond acceptors (Lipinski definition) is 5. The first-order valence-corrected chi connectivity index (χ1v) is 8.49. The highest BCUT2D eigenvalue weighted by atomic mass is 16.6. The van der Waals surface area contributed by atoms with Gasteiger partial charge in [0.1, 0.15) is 11.4 Å². The largest absolute Gasteiger partial charge is 0.444 e. The number of hydrogen-bond donors (Lipinski definition) is 2. The lowest BCUT2D eigenvalue weighted by Crippen LogP contribution is -2.35. The summed E-state index contributed by atoms with van der Waals surface area (Å²) in [5.74, 6) is 1.65. The third-order valence-electron chi connectivity index (χ3n) is 3.65. The fraction of sp³-hybridized carbons (Fsp3) is 0.750. The van der Waals surface area contributed by atoms with E-state index in [9.17, 15) is 9.59 Å². The maximum absolute atomic E-state index is 11.9. The Labute approximate surface area is 142 Å². The molecule has 0 radical (unpaired) electrons. The first-order chi connectivity index (χ1) is 11.3. The minimum absolute atomic E-state index is 0.142. The van der Waals surface area contributed by atoms with Crippen molar-refractivity contribution in [3.8, 4) is 0 Å². The predicted octanol–water partition coefficient (Wildman–Crippen LogP) is 1.54. The molecule has 0 saturated heterocycles. The topological polar surface area (TPSA) is 98.1 Å². The highest BCUT2D eigenvalue weighted by Gasteiger charge is 2.17. The van der Waals surface area contributed by atoms with E-state index in [1.165, 1.54) is 6.42 Å². The van der Waals surface area contributed by atoms with Crippen molar-refractivity contribution in [3.63, 3.8) is 0 Å². The van der Waals surface area contributed by atoms with Crippen LogP contribution in [0.3, 0.4) is 0 Å². The second kappa shape index (κ2) is 8.12. The van der Waals surface area contributed by atoms with E-state index in [0.717, 1.165) is 37.5 Å². The SMILES string of the molecule is CC(C)(C)OC(=O)NCCC(=O)NCc1nnc2n1CCCCC2. The average molecular weight is 337 g/mol. The molecule has 24 heavy (non-hydrogen) atoms. The van der Waals surface area contributed by atoms with Crippen LogP contribution in [0, 0.1) is 0 Å². The van der Waals surface area contributed by atoms with Crippen LogP contribution < -0.4 is 10.6 Å². The Hall–Kier alpha value is -2.12. The standard InChI is InChI=1S/C16H27N5O3/c1-16(2,3)24-15(23)17-9-8-14(22)18-11-13-20-19-12-7-5-4-6-10-21(12)13/h4-11H2,1-3H3,(H,17,23)(H,18,22). The molecule has 0 unspecified atom stereocenters. The third-order valence-corrected chi connectivity index (χ3v) is 3.65. The number of nitrogens with zero attached hydrogens (tertiary/aromatic N) is 3. The summed E-state index contributed by atoms with van der Waals surface area (Å²) in [4.78, 5) is 23.4. The molecule has 2 amide bonds. The molecule has 1 aromatic rings. The van der Waals surface area contributed by atoms with Gasteiger partial charge >= 0.3 is 6.09 Å². The van der Waals surface area contributed by atoms with Crippen LogP contribution in [0.4, 0.5) is 4.79 Å². The number of alkyl carbamates (subject to hydrolysis) is 1. The van der Waals surface area contributed by atoms with Gasteiger partial charge in [0.2, 0.25) is 5.91 Å². The van der Waals surface area contributed by atoms with E-state index < -0.39 is 11.7 Å². The third kappa shape index (κ3) is 5.82. The zero-order valence-electron chi connectivity index (χ0n) is 14.7. The van der Waals surface area contributed by atoms with Gasteiger partial charge in [-0.1, -0.05) is 6.42 Å². The zero-order valence-corrected chi connectivity index (χ0v) is 14.7. The molecule has 0 spiro atoms. The summed E-state index contributed by atoms with van der Waals surface area (Å²) in [6.07, 6.45) is 4.08. The number of nitrogens with one attached hydrogen (secondary N) is 2. The molecule has 2 N–H and O–H groups in total. The van der Waals surface area contributed by atoms with Gasteiger partial charge in [-0.3, -0.25) is 4.79 Å². The van der Waals surface area contributed by atoms with Gasteiger partial charge in [0.15, 0.2) is 5.82 Å². The van der Waals surface area contributed by atoms with E-state index in [-0.39, 0.29) is 18.9 Å². The highest BCUT2D eigenvalue weighted by molar-refractivity contribution is 5.76. The van der Waals surface area contributed by atoms with Crippen LogP contribution >= 0.6 is 0 Å². The number of aromatic nitrogens is 3.